The summed E-state index contributed by atoms with van der Waals surface area (Å²) >= 11 is 0. The lowest BCUT2D eigenvalue weighted by Crippen LogP contribution is -2.59. The second kappa shape index (κ2) is 6.71. The van der Waals surface area contributed by atoms with Crippen LogP contribution in [0.4, 0.5) is 19.0 Å². The largest absolute Gasteiger partial charge is 0.416 e. The minimum Gasteiger partial charge on any atom is -0.353 e. The number of para-hydroxylation sites is 1. The average Bonchev–Trinajstić information content (AvgIpc) is 2.63. The summed E-state index contributed by atoms with van der Waals surface area (Å²) < 4.78 is 66.5. The zero-order valence-electron chi connectivity index (χ0n) is 14.4. The molecule has 1 fully saturated rings. The molecule has 28 heavy (non-hydrogen) atoms. The Balaban J connectivity index is 1.48. The van der Waals surface area contributed by atoms with Crippen LogP contribution in [0.15, 0.2) is 59.8 Å². The van der Waals surface area contributed by atoms with E-state index in [2.05, 4.69) is 14.7 Å². The summed E-state index contributed by atoms with van der Waals surface area (Å²) in [6.45, 7) is 0.456. The minimum atomic E-state index is -4.45. The van der Waals surface area contributed by atoms with Crippen molar-refractivity contribution in [2.24, 2.45) is 0 Å². The number of rotatable bonds is 4. The van der Waals surface area contributed by atoms with Gasteiger partial charge in [0.1, 0.15) is 10.7 Å². The van der Waals surface area contributed by atoms with E-state index in [-0.39, 0.29) is 23.8 Å². The fourth-order valence-electron chi connectivity index (χ4n) is 3.08. The van der Waals surface area contributed by atoms with E-state index in [9.17, 15) is 21.6 Å². The Morgan fingerprint density at radius 3 is 2.54 bits per heavy atom. The van der Waals surface area contributed by atoms with Crippen molar-refractivity contribution in [1.29, 1.82) is 0 Å². The van der Waals surface area contributed by atoms with Crippen LogP contribution >= 0.6 is 0 Å². The lowest BCUT2D eigenvalue weighted by Gasteiger charge is -2.40. The quantitative estimate of drug-likeness (QED) is 0.719. The van der Waals surface area contributed by atoms with Gasteiger partial charge in [-0.15, -0.1) is 0 Å². The summed E-state index contributed by atoms with van der Waals surface area (Å²) in [6.07, 6.45) is -1.84. The van der Waals surface area contributed by atoms with Crippen molar-refractivity contribution < 1.29 is 21.6 Å². The number of alkyl halides is 3. The van der Waals surface area contributed by atoms with E-state index in [0.29, 0.717) is 10.9 Å². The second-order valence-electron chi connectivity index (χ2n) is 6.45. The van der Waals surface area contributed by atoms with Crippen LogP contribution in [-0.2, 0) is 16.2 Å². The van der Waals surface area contributed by atoms with Crippen molar-refractivity contribution >= 4 is 26.7 Å². The summed E-state index contributed by atoms with van der Waals surface area (Å²) in [6, 6.07) is 9.80. The molecule has 10 heteroatoms. The number of nitrogens with zero attached hydrogens (tertiary/aromatic N) is 3. The molecule has 1 aliphatic rings. The number of fused-ring (bicyclic) bond motifs is 1. The molecule has 146 valence electrons. The number of hydrogen-bond acceptors (Lipinski definition) is 5. The molecule has 2 aromatic heterocycles. The number of sulfonamides is 1. The Hall–Kier alpha value is -2.72. The maximum absolute atomic E-state index is 12.8. The van der Waals surface area contributed by atoms with Crippen molar-refractivity contribution in [2.45, 2.75) is 17.1 Å². The SMILES string of the molecule is O=S(=O)(NC1CN(c2cc(C(F)(F)F)ccn2)C1)c1cccc2cccnc12. The van der Waals surface area contributed by atoms with Crippen LogP contribution in [0.25, 0.3) is 10.9 Å². The first-order chi connectivity index (χ1) is 13.2. The summed E-state index contributed by atoms with van der Waals surface area (Å²) in [5.41, 5.74) is -0.420. The topological polar surface area (TPSA) is 75.2 Å². The second-order valence-corrected chi connectivity index (χ2v) is 8.14. The van der Waals surface area contributed by atoms with Gasteiger partial charge in [-0.05, 0) is 24.3 Å². The molecule has 1 N–H and O–H groups in total. The third-order valence-electron chi connectivity index (χ3n) is 4.49. The Bertz CT molecular complexity index is 1120. The first-order valence-corrected chi connectivity index (χ1v) is 9.87. The summed E-state index contributed by atoms with van der Waals surface area (Å²) in [5, 5.41) is 0.703. The molecule has 1 aliphatic heterocycles. The van der Waals surface area contributed by atoms with Gasteiger partial charge in [-0.3, -0.25) is 4.98 Å². The lowest BCUT2D eigenvalue weighted by atomic mass is 10.1. The van der Waals surface area contributed by atoms with Crippen LogP contribution in [0.1, 0.15) is 5.56 Å². The Labute approximate surface area is 159 Å². The Morgan fingerprint density at radius 2 is 1.79 bits per heavy atom. The lowest BCUT2D eigenvalue weighted by molar-refractivity contribution is -0.137. The van der Waals surface area contributed by atoms with Crippen molar-refractivity contribution in [1.82, 2.24) is 14.7 Å². The van der Waals surface area contributed by atoms with Crippen molar-refractivity contribution in [2.75, 3.05) is 18.0 Å². The van der Waals surface area contributed by atoms with Crippen LogP contribution in [-0.4, -0.2) is 37.5 Å². The molecule has 4 rings (SSSR count). The molecule has 3 aromatic rings. The molecule has 0 amide bonds. The summed E-state index contributed by atoms with van der Waals surface area (Å²) in [7, 11) is -3.82. The number of benzene rings is 1. The number of hydrogen-bond donors (Lipinski definition) is 1. The van der Waals surface area contributed by atoms with Crippen molar-refractivity contribution in [3.8, 4) is 0 Å². The number of anilines is 1. The summed E-state index contributed by atoms with van der Waals surface area (Å²) in [5.74, 6) is 0.164. The molecule has 0 spiro atoms. The standard InChI is InChI=1S/C18H15F3N4O2S/c19-18(20,21)13-6-8-22-16(9-13)25-10-14(11-25)24-28(26,27)15-5-1-3-12-4-2-7-23-17(12)15/h1-9,14,24H,10-11H2. The summed E-state index contributed by atoms with van der Waals surface area (Å²) in [4.78, 5) is 9.75. The highest BCUT2D eigenvalue weighted by molar-refractivity contribution is 7.89. The smallest absolute Gasteiger partial charge is 0.353 e. The molecule has 0 aliphatic carbocycles. The predicted molar refractivity (Wildman–Crippen MR) is 97.3 cm³/mol. The first-order valence-electron chi connectivity index (χ1n) is 8.38. The third kappa shape index (κ3) is 3.52. The highest BCUT2D eigenvalue weighted by Crippen LogP contribution is 2.32. The Kier molecular flexibility index (Phi) is 4.47. The number of aromatic nitrogens is 2. The highest BCUT2D eigenvalue weighted by Gasteiger charge is 2.35. The van der Waals surface area contributed by atoms with Gasteiger partial charge in [0, 0.05) is 30.9 Å². The fraction of sp³-hybridized carbons (Fsp3) is 0.222. The van der Waals surface area contributed by atoms with Crippen molar-refractivity contribution in [3.63, 3.8) is 0 Å². The zero-order valence-corrected chi connectivity index (χ0v) is 15.2. The molecule has 1 saturated heterocycles. The van der Waals surface area contributed by atoms with E-state index in [4.69, 9.17) is 0 Å². The zero-order chi connectivity index (χ0) is 19.9. The van der Waals surface area contributed by atoms with Gasteiger partial charge in [0.15, 0.2) is 0 Å². The van der Waals surface area contributed by atoms with Gasteiger partial charge in [0.25, 0.3) is 0 Å². The first kappa shape index (κ1) is 18.6. The molecule has 6 nitrogen and oxygen atoms in total. The van der Waals surface area contributed by atoms with Gasteiger partial charge in [-0.1, -0.05) is 18.2 Å². The van der Waals surface area contributed by atoms with Crippen LogP contribution in [0, 0.1) is 0 Å². The van der Waals surface area contributed by atoms with Crippen LogP contribution in [0.5, 0.6) is 0 Å². The molecule has 0 bridgehead atoms. The van der Waals surface area contributed by atoms with Gasteiger partial charge >= 0.3 is 6.18 Å². The molecule has 0 saturated carbocycles. The maximum Gasteiger partial charge on any atom is 0.416 e. The molecule has 0 radical (unpaired) electrons. The van der Waals surface area contributed by atoms with E-state index in [1.807, 2.05) is 0 Å². The molecule has 1 aromatic carbocycles. The van der Waals surface area contributed by atoms with E-state index in [1.54, 1.807) is 29.2 Å². The molecule has 0 unspecified atom stereocenters. The van der Waals surface area contributed by atoms with E-state index < -0.39 is 27.8 Å². The Morgan fingerprint density at radius 1 is 1.04 bits per heavy atom. The molecule has 3 heterocycles. The van der Waals surface area contributed by atoms with E-state index in [0.717, 1.165) is 18.3 Å². The number of nitrogens with one attached hydrogen (secondary N) is 1. The van der Waals surface area contributed by atoms with Gasteiger partial charge < -0.3 is 4.90 Å². The fourth-order valence-corrected chi connectivity index (χ4v) is 4.48. The monoisotopic (exact) mass is 408 g/mol. The van der Waals surface area contributed by atoms with Crippen LogP contribution < -0.4 is 9.62 Å². The number of halogens is 3. The van der Waals surface area contributed by atoms with Gasteiger partial charge in [0.2, 0.25) is 10.0 Å². The van der Waals surface area contributed by atoms with Crippen LogP contribution in [0.3, 0.4) is 0 Å². The third-order valence-corrected chi connectivity index (χ3v) is 6.04. The molecular weight excluding hydrogens is 393 g/mol. The van der Waals surface area contributed by atoms with Gasteiger partial charge in [-0.2, -0.15) is 13.2 Å². The average molecular weight is 408 g/mol. The molecule has 0 atom stereocenters. The van der Waals surface area contributed by atoms with Gasteiger partial charge in [-0.25, -0.2) is 18.1 Å². The minimum absolute atomic E-state index is 0.0706. The predicted octanol–water partition coefficient (Wildman–Crippen LogP) is 2.82. The van der Waals surface area contributed by atoms with E-state index >= 15 is 0 Å². The van der Waals surface area contributed by atoms with E-state index in [1.165, 1.54) is 12.3 Å². The normalized spacial score (nSPS) is 15.6. The number of pyridine rings is 2. The highest BCUT2D eigenvalue weighted by atomic mass is 32.2. The van der Waals surface area contributed by atoms with Crippen molar-refractivity contribution in [3.05, 3.63) is 60.4 Å². The maximum atomic E-state index is 12.8. The van der Waals surface area contributed by atoms with Crippen LogP contribution in [0.2, 0.25) is 0 Å². The molecular formula is C18H15F3N4O2S. The van der Waals surface area contributed by atoms with Gasteiger partial charge in [0.05, 0.1) is 17.1 Å².